The quantitative estimate of drug-likeness (QED) is 0.164. The van der Waals surface area contributed by atoms with E-state index < -0.39 is 0 Å². The zero-order valence-electron chi connectivity index (χ0n) is 31.9. The molecule has 0 saturated heterocycles. The van der Waals surface area contributed by atoms with Crippen molar-refractivity contribution in [2.75, 3.05) is 0 Å². The molecular weight excluding hydrogens is 717 g/mol. The maximum atomic E-state index is 6.78. The Labute approximate surface area is 340 Å². The highest BCUT2D eigenvalue weighted by molar-refractivity contribution is 6.26. The van der Waals surface area contributed by atoms with Crippen molar-refractivity contribution in [1.82, 2.24) is 9.97 Å². The van der Waals surface area contributed by atoms with Crippen molar-refractivity contribution in [3.63, 3.8) is 0 Å². The first kappa shape index (κ1) is 33.3. The summed E-state index contributed by atoms with van der Waals surface area (Å²) in [4.78, 5) is 10.00. The molecule has 3 nitrogen and oxygen atoms in total. The molecule has 0 N–H and O–H groups in total. The van der Waals surface area contributed by atoms with Crippen LogP contribution in [0.4, 0.5) is 0 Å². The highest BCUT2D eigenvalue weighted by Crippen LogP contribution is 2.43. The van der Waals surface area contributed by atoms with Crippen LogP contribution < -0.4 is 0 Å². The van der Waals surface area contributed by atoms with Gasteiger partial charge in [-0.15, -0.1) is 0 Å². The summed E-state index contributed by atoms with van der Waals surface area (Å²) in [6.45, 7) is 0. The lowest BCUT2D eigenvalue weighted by atomic mass is 9.90. The molecule has 0 bridgehead atoms. The Morgan fingerprint density at radius 2 is 0.746 bits per heavy atom. The van der Waals surface area contributed by atoms with Gasteiger partial charge in [0.15, 0.2) is 5.82 Å². The minimum atomic E-state index is 0.708. The van der Waals surface area contributed by atoms with Gasteiger partial charge in [0, 0.05) is 32.8 Å². The molecule has 12 rings (SSSR count). The number of hydrogen-bond donors (Lipinski definition) is 0. The predicted octanol–water partition coefficient (Wildman–Crippen LogP) is 15.3. The third-order valence-corrected chi connectivity index (χ3v) is 11.9. The Morgan fingerprint density at radius 1 is 0.271 bits per heavy atom. The second-order valence-electron chi connectivity index (χ2n) is 15.3. The van der Waals surface area contributed by atoms with Gasteiger partial charge in [-0.2, -0.15) is 0 Å². The fourth-order valence-electron chi connectivity index (χ4n) is 8.99. The molecule has 2 heterocycles. The molecule has 0 aliphatic carbocycles. The number of nitrogens with zero attached hydrogens (tertiary/aromatic N) is 2. The van der Waals surface area contributed by atoms with E-state index in [1.165, 1.54) is 48.8 Å². The standard InChI is InChI=1S/C56H34N2O/c1-3-13-36(14-4-1)52-34-53(58-56(57-52)38-15-5-2-6-16-38)37-25-23-35(24-26-37)39-27-30-47-51-33-49(45-21-11-12-22-48(45)55(51)59-54(47)32-39)40-28-29-46-43-19-8-7-17-41(43)42-18-9-10-20-44(42)50(46)31-40/h1-34H. The molecule has 0 spiro atoms. The van der Waals surface area contributed by atoms with Gasteiger partial charge < -0.3 is 4.42 Å². The van der Waals surface area contributed by atoms with Gasteiger partial charge in [0.1, 0.15) is 11.2 Å². The van der Waals surface area contributed by atoms with Crippen molar-refractivity contribution in [1.29, 1.82) is 0 Å². The third-order valence-electron chi connectivity index (χ3n) is 11.9. The Kier molecular flexibility index (Phi) is 7.54. The Balaban J connectivity index is 0.954. The molecule has 10 aromatic carbocycles. The molecule has 0 atom stereocenters. The molecule has 0 fully saturated rings. The fourth-order valence-corrected chi connectivity index (χ4v) is 8.99. The van der Waals surface area contributed by atoms with Crippen molar-refractivity contribution in [3.05, 3.63) is 206 Å². The van der Waals surface area contributed by atoms with Gasteiger partial charge >= 0.3 is 0 Å². The molecule has 274 valence electrons. The number of rotatable bonds is 5. The van der Waals surface area contributed by atoms with Crippen LogP contribution in [0.15, 0.2) is 211 Å². The molecule has 59 heavy (non-hydrogen) atoms. The van der Waals surface area contributed by atoms with Crippen LogP contribution in [0.1, 0.15) is 0 Å². The lowest BCUT2D eigenvalue weighted by molar-refractivity contribution is 0.673. The van der Waals surface area contributed by atoms with Gasteiger partial charge in [0.2, 0.25) is 0 Å². The van der Waals surface area contributed by atoms with Crippen molar-refractivity contribution < 1.29 is 4.42 Å². The number of benzene rings is 10. The van der Waals surface area contributed by atoms with Crippen LogP contribution >= 0.6 is 0 Å². The highest BCUT2D eigenvalue weighted by atomic mass is 16.3. The first-order chi connectivity index (χ1) is 29.2. The SMILES string of the molecule is c1ccc(-c2cc(-c3ccc(-c4ccc5c(c4)oc4c6ccccc6c(-c6ccc7c8ccccc8c8ccccc8c7c6)cc54)cc3)nc(-c3ccccc3)n2)cc1. The fraction of sp³-hybridized carbons (Fsp3) is 0. The first-order valence-corrected chi connectivity index (χ1v) is 20.1. The molecule has 2 aromatic heterocycles. The molecule has 0 radical (unpaired) electrons. The molecule has 12 aromatic rings. The number of fused-ring (bicyclic) bond motifs is 11. The second kappa shape index (κ2) is 13.4. The topological polar surface area (TPSA) is 38.9 Å². The first-order valence-electron chi connectivity index (χ1n) is 20.1. The summed E-state index contributed by atoms with van der Waals surface area (Å²) in [5, 5.41) is 12.2. The van der Waals surface area contributed by atoms with Gasteiger partial charge in [-0.3, -0.25) is 0 Å². The van der Waals surface area contributed by atoms with Gasteiger partial charge in [-0.25, -0.2) is 9.97 Å². The van der Waals surface area contributed by atoms with E-state index in [0.717, 1.165) is 66.5 Å². The van der Waals surface area contributed by atoms with Crippen LogP contribution in [-0.4, -0.2) is 9.97 Å². The summed E-state index contributed by atoms with van der Waals surface area (Å²) in [7, 11) is 0. The predicted molar refractivity (Wildman–Crippen MR) is 247 cm³/mol. The molecule has 0 amide bonds. The summed E-state index contributed by atoms with van der Waals surface area (Å²) in [6.07, 6.45) is 0. The Bertz CT molecular complexity index is 3500. The van der Waals surface area contributed by atoms with E-state index in [0.29, 0.717) is 5.82 Å². The zero-order chi connectivity index (χ0) is 38.9. The maximum absolute atomic E-state index is 6.78. The van der Waals surface area contributed by atoms with E-state index in [-0.39, 0.29) is 0 Å². The average molecular weight is 751 g/mol. The third kappa shape index (κ3) is 5.51. The van der Waals surface area contributed by atoms with Crippen molar-refractivity contribution in [3.8, 4) is 56.2 Å². The van der Waals surface area contributed by atoms with E-state index >= 15 is 0 Å². The van der Waals surface area contributed by atoms with Crippen LogP contribution in [0, 0.1) is 0 Å². The van der Waals surface area contributed by atoms with Crippen LogP contribution in [-0.2, 0) is 0 Å². The van der Waals surface area contributed by atoms with Crippen LogP contribution in [0.25, 0.3) is 121 Å². The number of hydrogen-bond acceptors (Lipinski definition) is 3. The summed E-state index contributed by atoms with van der Waals surface area (Å²) < 4.78 is 6.78. The molecule has 0 unspecified atom stereocenters. The monoisotopic (exact) mass is 750 g/mol. The normalized spacial score (nSPS) is 11.7. The second-order valence-corrected chi connectivity index (χ2v) is 15.3. The van der Waals surface area contributed by atoms with Gasteiger partial charge in [0.25, 0.3) is 0 Å². The van der Waals surface area contributed by atoms with Crippen molar-refractivity contribution in [2.45, 2.75) is 0 Å². The van der Waals surface area contributed by atoms with Crippen molar-refractivity contribution in [2.24, 2.45) is 0 Å². The van der Waals surface area contributed by atoms with Gasteiger partial charge in [0.05, 0.1) is 11.4 Å². The van der Waals surface area contributed by atoms with E-state index in [2.05, 4.69) is 170 Å². The van der Waals surface area contributed by atoms with Gasteiger partial charge in [-0.05, 0) is 90.3 Å². The van der Waals surface area contributed by atoms with E-state index in [1.807, 2.05) is 36.4 Å². The van der Waals surface area contributed by atoms with E-state index in [4.69, 9.17) is 14.4 Å². The largest absolute Gasteiger partial charge is 0.455 e. The molecule has 3 heteroatoms. The molecule has 0 saturated carbocycles. The number of aromatic nitrogens is 2. The van der Waals surface area contributed by atoms with E-state index in [1.54, 1.807) is 0 Å². The lowest BCUT2D eigenvalue weighted by Crippen LogP contribution is -1.95. The zero-order valence-corrected chi connectivity index (χ0v) is 31.9. The Morgan fingerprint density at radius 3 is 1.41 bits per heavy atom. The number of furan rings is 1. The van der Waals surface area contributed by atoms with Crippen molar-refractivity contribution >= 4 is 65.0 Å². The summed E-state index contributed by atoms with van der Waals surface area (Å²) in [5.41, 5.74) is 11.2. The molecule has 0 aliphatic rings. The summed E-state index contributed by atoms with van der Waals surface area (Å²) >= 11 is 0. The van der Waals surface area contributed by atoms with Gasteiger partial charge in [-0.1, -0.05) is 176 Å². The smallest absolute Gasteiger partial charge is 0.160 e. The summed E-state index contributed by atoms with van der Waals surface area (Å²) in [6, 6.07) is 73.3. The molecular formula is C56H34N2O. The Hall–Kier alpha value is -7.88. The highest BCUT2D eigenvalue weighted by Gasteiger charge is 2.18. The minimum absolute atomic E-state index is 0.708. The van der Waals surface area contributed by atoms with Crippen LogP contribution in [0.2, 0.25) is 0 Å². The lowest BCUT2D eigenvalue weighted by Gasteiger charge is -2.13. The van der Waals surface area contributed by atoms with Crippen LogP contribution in [0.3, 0.4) is 0 Å². The van der Waals surface area contributed by atoms with Crippen LogP contribution in [0.5, 0.6) is 0 Å². The van der Waals surface area contributed by atoms with E-state index in [9.17, 15) is 0 Å². The summed E-state index contributed by atoms with van der Waals surface area (Å²) in [5.74, 6) is 0.708. The maximum Gasteiger partial charge on any atom is 0.160 e. The molecule has 0 aliphatic heterocycles. The minimum Gasteiger partial charge on any atom is -0.455 e. The average Bonchev–Trinajstić information content (AvgIpc) is 3.70.